The summed E-state index contributed by atoms with van der Waals surface area (Å²) in [5.41, 5.74) is 2.10. The number of ether oxygens (including phenoxy) is 2. The third-order valence-corrected chi connectivity index (χ3v) is 6.18. The van der Waals surface area contributed by atoms with Crippen molar-refractivity contribution in [3.8, 4) is 22.6 Å². The molecule has 6 nitrogen and oxygen atoms in total. The summed E-state index contributed by atoms with van der Waals surface area (Å²) in [6, 6.07) is 17.8. The van der Waals surface area contributed by atoms with Crippen molar-refractivity contribution in [3.05, 3.63) is 54.6 Å². The molecule has 2 aliphatic heterocycles. The monoisotopic (exact) mass is 444 g/mol. The molecule has 0 aliphatic carbocycles. The van der Waals surface area contributed by atoms with Crippen LogP contribution >= 0.6 is 0 Å². The van der Waals surface area contributed by atoms with Crippen molar-refractivity contribution in [1.29, 1.82) is 0 Å². The van der Waals surface area contributed by atoms with Gasteiger partial charge >= 0.3 is 5.97 Å². The first-order valence-corrected chi connectivity index (χ1v) is 11.3. The third-order valence-electron chi connectivity index (χ3n) is 6.18. The molecule has 3 aromatic carbocycles. The highest BCUT2D eigenvalue weighted by atomic mass is 16.5. The van der Waals surface area contributed by atoms with Gasteiger partial charge in [-0.3, -0.25) is 9.59 Å². The fraction of sp³-hybridized carbons (Fsp3) is 0.333. The lowest BCUT2D eigenvalue weighted by Gasteiger charge is -2.36. The van der Waals surface area contributed by atoms with Crippen molar-refractivity contribution in [1.82, 2.24) is 5.32 Å². The maximum Gasteiger partial charge on any atom is 0.316 e. The van der Waals surface area contributed by atoms with Crippen LogP contribution in [0.15, 0.2) is 54.6 Å². The molecule has 0 atom stereocenters. The number of nitrogens with one attached hydrogen (secondary N) is 1. The second-order valence-electron chi connectivity index (χ2n) is 9.83. The number of hydrogen-bond donors (Lipinski definition) is 1. The number of carbonyl (C=O) groups is 2. The average Bonchev–Trinajstić information content (AvgIpc) is 2.75. The van der Waals surface area contributed by atoms with E-state index in [-0.39, 0.29) is 18.5 Å². The zero-order chi connectivity index (χ0) is 23.2. The Balaban J connectivity index is 1.55. The van der Waals surface area contributed by atoms with Gasteiger partial charge in [-0.15, -0.1) is 0 Å². The van der Waals surface area contributed by atoms with Gasteiger partial charge in [0.25, 0.3) is 5.91 Å². The number of benzene rings is 3. The van der Waals surface area contributed by atoms with Gasteiger partial charge in [-0.1, -0.05) is 30.3 Å². The van der Waals surface area contributed by atoms with Gasteiger partial charge in [0, 0.05) is 25.6 Å². The third kappa shape index (κ3) is 4.18. The molecule has 1 fully saturated rings. The van der Waals surface area contributed by atoms with Crippen LogP contribution in [-0.2, 0) is 9.59 Å². The highest BCUT2D eigenvalue weighted by Crippen LogP contribution is 2.40. The topological polar surface area (TPSA) is 67.9 Å². The summed E-state index contributed by atoms with van der Waals surface area (Å²) in [6.07, 6.45) is 0. The predicted molar refractivity (Wildman–Crippen MR) is 129 cm³/mol. The number of nitrogens with zero attached hydrogens (tertiary/aromatic N) is 1. The van der Waals surface area contributed by atoms with E-state index >= 15 is 0 Å². The highest BCUT2D eigenvalue weighted by molar-refractivity contribution is 6.01. The zero-order valence-corrected chi connectivity index (χ0v) is 19.2. The molecule has 3 aromatic rings. The van der Waals surface area contributed by atoms with E-state index in [1.807, 2.05) is 74.2 Å². The Labute approximate surface area is 193 Å². The maximum atomic E-state index is 12.5. The second kappa shape index (κ2) is 8.19. The molecule has 6 heteroatoms. The van der Waals surface area contributed by atoms with E-state index < -0.39 is 5.41 Å². The Morgan fingerprint density at radius 2 is 1.91 bits per heavy atom. The average molecular weight is 445 g/mol. The maximum absolute atomic E-state index is 12.5. The van der Waals surface area contributed by atoms with E-state index in [0.29, 0.717) is 24.0 Å². The van der Waals surface area contributed by atoms with Crippen molar-refractivity contribution in [2.24, 2.45) is 11.3 Å². The molecular formula is C27H28N2O4. The molecule has 0 bridgehead atoms. The van der Waals surface area contributed by atoms with Crippen molar-refractivity contribution in [2.45, 2.75) is 20.8 Å². The minimum atomic E-state index is -0.600. The van der Waals surface area contributed by atoms with Gasteiger partial charge in [-0.05, 0) is 66.9 Å². The molecule has 0 aromatic heterocycles. The Kier molecular flexibility index (Phi) is 5.33. The molecule has 2 heterocycles. The molecule has 0 spiro atoms. The number of anilines is 1. The molecule has 170 valence electrons. The van der Waals surface area contributed by atoms with E-state index in [0.717, 1.165) is 40.7 Å². The number of esters is 1. The van der Waals surface area contributed by atoms with Crippen LogP contribution in [0, 0.1) is 11.3 Å². The minimum Gasteiger partial charge on any atom is -0.482 e. The first kappa shape index (κ1) is 21.5. The summed E-state index contributed by atoms with van der Waals surface area (Å²) in [6.45, 7) is 8.12. The quantitative estimate of drug-likeness (QED) is 0.477. The van der Waals surface area contributed by atoms with E-state index in [1.165, 1.54) is 0 Å². The van der Waals surface area contributed by atoms with E-state index in [2.05, 4.69) is 11.4 Å². The van der Waals surface area contributed by atoms with Crippen molar-refractivity contribution in [2.75, 3.05) is 31.1 Å². The summed E-state index contributed by atoms with van der Waals surface area (Å²) in [5, 5.41) is 5.30. The van der Waals surface area contributed by atoms with Crippen molar-refractivity contribution in [3.63, 3.8) is 0 Å². The van der Waals surface area contributed by atoms with E-state index in [9.17, 15) is 9.59 Å². The molecular weight excluding hydrogens is 416 g/mol. The molecule has 5 rings (SSSR count). The molecule has 0 radical (unpaired) electrons. The Hall–Kier alpha value is -3.38. The normalized spacial score (nSPS) is 16.2. The number of amides is 1. The number of rotatable bonds is 4. The van der Waals surface area contributed by atoms with Gasteiger partial charge in [0.1, 0.15) is 11.5 Å². The molecule has 1 saturated heterocycles. The van der Waals surface area contributed by atoms with Gasteiger partial charge < -0.3 is 19.7 Å². The van der Waals surface area contributed by atoms with Crippen LogP contribution in [0.3, 0.4) is 0 Å². The summed E-state index contributed by atoms with van der Waals surface area (Å²) in [7, 11) is 0. The zero-order valence-electron chi connectivity index (χ0n) is 19.2. The van der Waals surface area contributed by atoms with Gasteiger partial charge in [-0.25, -0.2) is 0 Å². The first-order valence-electron chi connectivity index (χ1n) is 11.3. The highest BCUT2D eigenvalue weighted by Gasteiger charge is 2.30. The van der Waals surface area contributed by atoms with E-state index in [1.54, 1.807) is 0 Å². The van der Waals surface area contributed by atoms with Gasteiger partial charge in [0.05, 0.1) is 11.1 Å². The van der Waals surface area contributed by atoms with E-state index in [4.69, 9.17) is 9.47 Å². The lowest BCUT2D eigenvalue weighted by Crippen LogP contribution is -2.51. The fourth-order valence-electron chi connectivity index (χ4n) is 4.15. The smallest absolute Gasteiger partial charge is 0.316 e. The molecule has 1 N–H and O–H groups in total. The Morgan fingerprint density at radius 1 is 1.12 bits per heavy atom. The van der Waals surface area contributed by atoms with Crippen LogP contribution in [-0.4, -0.2) is 38.1 Å². The first-order chi connectivity index (χ1) is 15.8. The standard InChI is InChI=1S/C27H28N2O4/c1-27(2,3)26(31)33-20-10-18-6-4-5-7-21(18)22(12-20)19-8-9-23-24(11-19)32-16-25(30)29(23)15-17-13-28-14-17/h4-12,17,28H,13-16H2,1-3H3. The van der Waals surface area contributed by atoms with Crippen molar-refractivity contribution < 1.29 is 19.1 Å². The minimum absolute atomic E-state index is 0.0105. The van der Waals surface area contributed by atoms with Crippen LogP contribution in [0.5, 0.6) is 11.5 Å². The molecule has 1 amide bonds. The number of carbonyl (C=O) groups excluding carboxylic acids is 2. The summed E-state index contributed by atoms with van der Waals surface area (Å²) in [5.74, 6) is 1.38. The fourth-order valence-corrected chi connectivity index (χ4v) is 4.15. The van der Waals surface area contributed by atoms with Crippen LogP contribution in [0.2, 0.25) is 0 Å². The summed E-state index contributed by atoms with van der Waals surface area (Å²) in [4.78, 5) is 26.9. The molecule has 0 unspecified atom stereocenters. The lowest BCUT2D eigenvalue weighted by atomic mass is 9.96. The van der Waals surface area contributed by atoms with Gasteiger partial charge in [-0.2, -0.15) is 0 Å². The molecule has 33 heavy (non-hydrogen) atoms. The Bertz CT molecular complexity index is 1240. The second-order valence-corrected chi connectivity index (χ2v) is 9.83. The van der Waals surface area contributed by atoms with Crippen LogP contribution in [0.1, 0.15) is 20.8 Å². The number of fused-ring (bicyclic) bond motifs is 2. The summed E-state index contributed by atoms with van der Waals surface area (Å²) < 4.78 is 11.5. The number of hydrogen-bond acceptors (Lipinski definition) is 5. The Morgan fingerprint density at radius 3 is 2.64 bits per heavy atom. The largest absolute Gasteiger partial charge is 0.482 e. The van der Waals surface area contributed by atoms with Crippen LogP contribution in [0.4, 0.5) is 5.69 Å². The lowest BCUT2D eigenvalue weighted by molar-refractivity contribution is -0.143. The van der Waals surface area contributed by atoms with Crippen molar-refractivity contribution >= 4 is 28.3 Å². The van der Waals surface area contributed by atoms with Crippen LogP contribution < -0.4 is 19.7 Å². The van der Waals surface area contributed by atoms with Gasteiger partial charge in [0.15, 0.2) is 6.61 Å². The predicted octanol–water partition coefficient (Wildman–Crippen LogP) is 4.40. The molecule has 0 saturated carbocycles. The molecule has 2 aliphatic rings. The van der Waals surface area contributed by atoms with Gasteiger partial charge in [0.2, 0.25) is 0 Å². The summed E-state index contributed by atoms with van der Waals surface area (Å²) >= 11 is 0. The SMILES string of the molecule is CC(C)(C)C(=O)Oc1cc(-c2ccc3c(c2)OCC(=O)N3CC2CNC2)c2ccccc2c1. The van der Waals surface area contributed by atoms with Crippen LogP contribution in [0.25, 0.3) is 21.9 Å².